The summed E-state index contributed by atoms with van der Waals surface area (Å²) in [7, 11) is 0. The van der Waals surface area contributed by atoms with Crippen LogP contribution in [0.5, 0.6) is 0 Å². The Morgan fingerprint density at radius 2 is 1.86 bits per heavy atom. The lowest BCUT2D eigenvalue weighted by molar-refractivity contribution is 1.01. The zero-order valence-corrected chi connectivity index (χ0v) is 9.72. The molecule has 5 N–H and O–H groups in total. The summed E-state index contributed by atoms with van der Waals surface area (Å²) < 4.78 is 1.03. The highest BCUT2D eigenvalue weighted by Gasteiger charge is 2.03. The molecule has 0 bridgehead atoms. The van der Waals surface area contributed by atoms with Gasteiger partial charge in [0.1, 0.15) is 0 Å². The number of rotatable bonds is 1. The van der Waals surface area contributed by atoms with Crippen LogP contribution in [-0.2, 0) is 0 Å². The lowest BCUT2D eigenvalue weighted by atomic mass is 10.1. The van der Waals surface area contributed by atoms with Crippen LogP contribution in [0.15, 0.2) is 21.6 Å². The van der Waals surface area contributed by atoms with Gasteiger partial charge in [-0.2, -0.15) is 0 Å². The first-order valence-corrected chi connectivity index (χ1v) is 4.91. The number of aliphatic imine (C=N–C) groups is 1. The van der Waals surface area contributed by atoms with Gasteiger partial charge in [-0.15, -0.1) is 0 Å². The number of hydrogen-bond donors (Lipinski definition) is 3. The normalized spacial score (nSPS) is 11.6. The average molecular weight is 257 g/mol. The van der Waals surface area contributed by atoms with Crippen LogP contribution in [0.2, 0.25) is 0 Å². The maximum absolute atomic E-state index is 5.48. The summed E-state index contributed by atoms with van der Waals surface area (Å²) in [5.41, 5.74) is 10.7. The van der Waals surface area contributed by atoms with Crippen molar-refractivity contribution in [1.29, 1.82) is 0 Å². The minimum atomic E-state index is 0.207. The molecule has 0 aromatic heterocycles. The Kier molecular flexibility index (Phi) is 3.49. The molecular weight excluding hydrogens is 244 g/mol. The Morgan fingerprint density at radius 1 is 1.36 bits per heavy atom. The van der Waals surface area contributed by atoms with Crippen LogP contribution in [0.3, 0.4) is 0 Å². The zero-order chi connectivity index (χ0) is 10.7. The van der Waals surface area contributed by atoms with Gasteiger partial charge < -0.3 is 5.73 Å². The minimum absolute atomic E-state index is 0.207. The summed E-state index contributed by atoms with van der Waals surface area (Å²) >= 11 is 3.41. The monoisotopic (exact) mass is 256 g/mol. The van der Waals surface area contributed by atoms with Crippen molar-refractivity contribution in [3.05, 3.63) is 27.7 Å². The summed E-state index contributed by atoms with van der Waals surface area (Å²) in [5.74, 6) is 5.34. The molecule has 5 heteroatoms. The van der Waals surface area contributed by atoms with Crippen molar-refractivity contribution < 1.29 is 0 Å². The molecule has 0 fully saturated rings. The molecule has 0 saturated carbocycles. The van der Waals surface area contributed by atoms with E-state index in [1.165, 1.54) is 0 Å². The van der Waals surface area contributed by atoms with Crippen molar-refractivity contribution in [3.8, 4) is 0 Å². The second-order valence-corrected chi connectivity index (χ2v) is 3.95. The lowest BCUT2D eigenvalue weighted by Crippen LogP contribution is -2.36. The summed E-state index contributed by atoms with van der Waals surface area (Å²) in [6.07, 6.45) is 0. The first-order valence-electron chi connectivity index (χ1n) is 4.12. The molecule has 14 heavy (non-hydrogen) atoms. The van der Waals surface area contributed by atoms with Crippen LogP contribution in [0.1, 0.15) is 11.1 Å². The molecule has 0 aliphatic heterocycles. The molecule has 1 rings (SSSR count). The summed E-state index contributed by atoms with van der Waals surface area (Å²) in [5, 5.41) is 0. The van der Waals surface area contributed by atoms with Crippen molar-refractivity contribution in [1.82, 2.24) is 5.43 Å². The quantitative estimate of drug-likeness (QED) is 0.308. The number of nitrogens with zero attached hydrogens (tertiary/aromatic N) is 1. The van der Waals surface area contributed by atoms with Crippen LogP contribution >= 0.6 is 15.9 Å². The number of nitrogens with two attached hydrogens (primary N) is 2. The Balaban J connectivity index is 3.21. The van der Waals surface area contributed by atoms with Gasteiger partial charge in [0.25, 0.3) is 0 Å². The molecule has 1 aromatic carbocycles. The van der Waals surface area contributed by atoms with E-state index in [0.717, 1.165) is 21.3 Å². The number of benzene rings is 1. The van der Waals surface area contributed by atoms with Gasteiger partial charge in [-0.3, -0.25) is 5.43 Å². The van der Waals surface area contributed by atoms with Crippen LogP contribution < -0.4 is 17.0 Å². The Bertz CT molecular complexity index is 350. The Morgan fingerprint density at radius 3 is 2.29 bits per heavy atom. The fraction of sp³-hybridized carbons (Fsp3) is 0.222. The van der Waals surface area contributed by atoms with Crippen molar-refractivity contribution in [2.24, 2.45) is 16.6 Å². The number of hydrazine groups is 1. The first-order chi connectivity index (χ1) is 6.54. The van der Waals surface area contributed by atoms with Gasteiger partial charge in [-0.1, -0.05) is 15.9 Å². The molecule has 0 atom stereocenters. The third-order valence-corrected chi connectivity index (χ3v) is 2.29. The summed E-state index contributed by atoms with van der Waals surface area (Å²) in [4.78, 5) is 4.16. The van der Waals surface area contributed by atoms with Crippen molar-refractivity contribution >= 4 is 27.6 Å². The number of aryl methyl sites for hydroxylation is 2. The molecule has 0 aliphatic carbocycles. The van der Waals surface area contributed by atoms with E-state index in [2.05, 4.69) is 26.3 Å². The SMILES string of the molecule is Cc1cc(Br)cc(C)c1N=C(N)NN. The van der Waals surface area contributed by atoms with Gasteiger partial charge in [0, 0.05) is 4.47 Å². The van der Waals surface area contributed by atoms with Crippen LogP contribution in [0.4, 0.5) is 5.69 Å². The molecule has 0 heterocycles. The first kappa shape index (κ1) is 11.0. The maximum atomic E-state index is 5.48. The Labute approximate surface area is 91.5 Å². The maximum Gasteiger partial charge on any atom is 0.208 e. The highest BCUT2D eigenvalue weighted by Crippen LogP contribution is 2.27. The molecule has 0 spiro atoms. The van der Waals surface area contributed by atoms with Crippen LogP contribution in [-0.4, -0.2) is 5.96 Å². The van der Waals surface area contributed by atoms with Crippen LogP contribution in [0.25, 0.3) is 0 Å². The van der Waals surface area contributed by atoms with Gasteiger partial charge in [-0.25, -0.2) is 10.8 Å². The number of halogens is 1. The van der Waals surface area contributed by atoms with Gasteiger partial charge in [0.05, 0.1) is 5.69 Å². The molecule has 76 valence electrons. The predicted octanol–water partition coefficient (Wildman–Crippen LogP) is 1.48. The van der Waals surface area contributed by atoms with E-state index in [1.54, 1.807) is 0 Å². The van der Waals surface area contributed by atoms with E-state index in [-0.39, 0.29) is 5.96 Å². The van der Waals surface area contributed by atoms with E-state index >= 15 is 0 Å². The molecule has 0 saturated heterocycles. The minimum Gasteiger partial charge on any atom is -0.369 e. The third-order valence-electron chi connectivity index (χ3n) is 1.84. The van der Waals surface area contributed by atoms with Crippen LogP contribution in [0, 0.1) is 13.8 Å². The molecule has 1 aromatic rings. The molecule has 0 radical (unpaired) electrons. The van der Waals surface area contributed by atoms with Crippen molar-refractivity contribution in [2.45, 2.75) is 13.8 Å². The van der Waals surface area contributed by atoms with E-state index in [9.17, 15) is 0 Å². The summed E-state index contributed by atoms with van der Waals surface area (Å²) in [6, 6.07) is 3.96. The second-order valence-electron chi connectivity index (χ2n) is 3.03. The van der Waals surface area contributed by atoms with Gasteiger partial charge in [0.15, 0.2) is 0 Å². The van der Waals surface area contributed by atoms with Crippen molar-refractivity contribution in [3.63, 3.8) is 0 Å². The number of hydrogen-bond acceptors (Lipinski definition) is 2. The molecule has 0 amide bonds. The summed E-state index contributed by atoms with van der Waals surface area (Å²) in [6.45, 7) is 3.95. The van der Waals surface area contributed by atoms with Gasteiger partial charge >= 0.3 is 0 Å². The van der Waals surface area contributed by atoms with E-state index in [4.69, 9.17) is 11.6 Å². The highest BCUT2D eigenvalue weighted by molar-refractivity contribution is 9.10. The molecule has 0 aliphatic rings. The third kappa shape index (κ3) is 2.46. The second kappa shape index (κ2) is 4.43. The molecule has 4 nitrogen and oxygen atoms in total. The lowest BCUT2D eigenvalue weighted by Gasteiger charge is -2.06. The molecular formula is C9H13BrN4. The van der Waals surface area contributed by atoms with E-state index < -0.39 is 0 Å². The smallest absolute Gasteiger partial charge is 0.208 e. The topological polar surface area (TPSA) is 76.4 Å². The van der Waals surface area contributed by atoms with E-state index in [0.29, 0.717) is 0 Å². The van der Waals surface area contributed by atoms with Gasteiger partial charge in [-0.05, 0) is 37.1 Å². The average Bonchev–Trinajstić information content (AvgIpc) is 2.10. The predicted molar refractivity (Wildman–Crippen MR) is 62.2 cm³/mol. The fourth-order valence-electron chi connectivity index (χ4n) is 1.23. The van der Waals surface area contributed by atoms with Crippen molar-refractivity contribution in [2.75, 3.05) is 0 Å². The number of guanidine groups is 1. The molecule has 0 unspecified atom stereocenters. The zero-order valence-electron chi connectivity index (χ0n) is 8.13. The number of nitrogens with one attached hydrogen (secondary N) is 1. The Hall–Kier alpha value is -1.07. The van der Waals surface area contributed by atoms with E-state index in [1.807, 2.05) is 26.0 Å². The standard InChI is InChI=1S/C9H13BrN4/c1-5-3-7(10)4-6(2)8(5)13-9(11)14-12/h3-4H,12H2,1-2H3,(H3,11,13,14). The highest BCUT2D eigenvalue weighted by atomic mass is 79.9. The largest absolute Gasteiger partial charge is 0.369 e. The fourth-order valence-corrected chi connectivity index (χ4v) is 1.92. The van der Waals surface area contributed by atoms with Gasteiger partial charge in [0.2, 0.25) is 5.96 Å².